The Bertz CT molecular complexity index is 804. The van der Waals surface area contributed by atoms with Crippen molar-refractivity contribution in [3.63, 3.8) is 0 Å². The van der Waals surface area contributed by atoms with E-state index in [0.29, 0.717) is 25.2 Å². The highest BCUT2D eigenvalue weighted by atomic mass is 127. The van der Waals surface area contributed by atoms with Crippen LogP contribution in [0.1, 0.15) is 22.4 Å². The third-order valence-electron chi connectivity index (χ3n) is 3.57. The second kappa shape index (κ2) is 12.4. The zero-order valence-corrected chi connectivity index (χ0v) is 19.7. The Morgan fingerprint density at radius 3 is 2.55 bits per heavy atom. The molecule has 0 spiro atoms. The molecule has 0 radical (unpaired) electrons. The normalized spacial score (nSPS) is 11.7. The molecule has 0 bridgehead atoms. The molecule has 0 aliphatic carbocycles. The van der Waals surface area contributed by atoms with Crippen LogP contribution in [0.25, 0.3) is 0 Å². The minimum Gasteiger partial charge on any atom is -0.475 e. The maximum atomic E-state index is 12.6. The minimum absolute atomic E-state index is 0. The van der Waals surface area contributed by atoms with Crippen LogP contribution in [0.3, 0.4) is 0 Å². The average Bonchev–Trinajstić information content (AvgIpc) is 3.11. The maximum absolute atomic E-state index is 12.6. The van der Waals surface area contributed by atoms with E-state index in [-0.39, 0.29) is 41.5 Å². The predicted octanol–water partition coefficient (Wildman–Crippen LogP) is 4.18. The first-order valence-electron chi connectivity index (χ1n) is 8.57. The van der Waals surface area contributed by atoms with Crippen molar-refractivity contribution in [1.82, 2.24) is 20.6 Å². The summed E-state index contributed by atoms with van der Waals surface area (Å²) in [5.74, 6) is 0.539. The molecule has 0 aliphatic rings. The number of hydrogen-bond donors (Lipinski definition) is 2. The van der Waals surface area contributed by atoms with Gasteiger partial charge in [-0.25, -0.2) is 9.97 Å². The second-order valence-electron chi connectivity index (χ2n) is 5.61. The summed E-state index contributed by atoms with van der Waals surface area (Å²) in [4.78, 5) is 13.3. The highest BCUT2D eigenvalue weighted by Gasteiger charge is 2.31. The van der Waals surface area contributed by atoms with E-state index in [1.54, 1.807) is 18.4 Å². The zero-order valence-electron chi connectivity index (χ0n) is 15.8. The summed E-state index contributed by atoms with van der Waals surface area (Å²) < 4.78 is 43.1. The number of aromatic nitrogens is 2. The van der Waals surface area contributed by atoms with Crippen molar-refractivity contribution in [2.24, 2.45) is 4.99 Å². The van der Waals surface area contributed by atoms with Gasteiger partial charge in [-0.2, -0.15) is 13.2 Å². The lowest BCUT2D eigenvalue weighted by Crippen LogP contribution is -2.40. The molecular weight excluding hydrogens is 542 g/mol. The summed E-state index contributed by atoms with van der Waals surface area (Å²) in [5.41, 5.74) is -0.918. The fourth-order valence-corrected chi connectivity index (χ4v) is 3.22. The molecule has 0 aromatic carbocycles. The number of nitrogens with one attached hydrogen (secondary N) is 2. The molecule has 2 N–H and O–H groups in total. The molecule has 2 rings (SSSR count). The molecule has 0 saturated carbocycles. The molecule has 6 nitrogen and oxygen atoms in total. The molecule has 0 atom stereocenters. The van der Waals surface area contributed by atoms with Crippen LogP contribution in [-0.2, 0) is 19.0 Å². The van der Waals surface area contributed by atoms with E-state index >= 15 is 0 Å². The van der Waals surface area contributed by atoms with Crippen molar-refractivity contribution < 1.29 is 17.9 Å². The number of thiazole rings is 1. The van der Waals surface area contributed by atoms with Gasteiger partial charge in [0.2, 0.25) is 5.88 Å². The number of rotatable bonds is 8. The van der Waals surface area contributed by atoms with E-state index in [2.05, 4.69) is 32.5 Å². The fourth-order valence-electron chi connectivity index (χ4n) is 2.14. The molecular formula is C17H22ClF3IN5OS. The van der Waals surface area contributed by atoms with Crippen molar-refractivity contribution >= 4 is 52.9 Å². The lowest BCUT2D eigenvalue weighted by molar-refractivity contribution is -0.137. The van der Waals surface area contributed by atoms with Crippen LogP contribution in [0.4, 0.5) is 13.2 Å². The highest BCUT2D eigenvalue weighted by molar-refractivity contribution is 14.0. The average molecular weight is 564 g/mol. The molecule has 0 aliphatic heterocycles. The topological polar surface area (TPSA) is 71.4 Å². The number of aryl methyl sites for hydroxylation is 1. The van der Waals surface area contributed by atoms with E-state index in [1.807, 2.05) is 6.20 Å². The minimum atomic E-state index is -4.49. The van der Waals surface area contributed by atoms with E-state index in [9.17, 15) is 13.2 Å². The van der Waals surface area contributed by atoms with Gasteiger partial charge in [-0.3, -0.25) is 4.99 Å². The van der Waals surface area contributed by atoms with Gasteiger partial charge < -0.3 is 15.4 Å². The molecule has 2 aromatic heterocycles. The maximum Gasteiger partial charge on any atom is 0.417 e. The first-order valence-corrected chi connectivity index (χ1v) is 9.76. The van der Waals surface area contributed by atoms with E-state index < -0.39 is 11.7 Å². The Balaban J connectivity index is 0.00000420. The number of ether oxygens (including phenoxy) is 1. The highest BCUT2D eigenvalue weighted by Crippen LogP contribution is 2.32. The molecule has 0 amide bonds. The van der Waals surface area contributed by atoms with Crippen LogP contribution in [0.15, 0.2) is 23.5 Å². The first kappa shape index (κ1) is 25.7. The zero-order chi connectivity index (χ0) is 20.6. The largest absolute Gasteiger partial charge is 0.475 e. The molecule has 0 unspecified atom stereocenters. The quantitative estimate of drug-likeness (QED) is 0.218. The van der Waals surface area contributed by atoms with Crippen LogP contribution in [0, 0.1) is 0 Å². The Morgan fingerprint density at radius 1 is 1.24 bits per heavy atom. The fraction of sp³-hybridized carbons (Fsp3) is 0.471. The Hall–Kier alpha value is -1.34. The van der Waals surface area contributed by atoms with Crippen molar-refractivity contribution in [1.29, 1.82) is 0 Å². The van der Waals surface area contributed by atoms with Crippen LogP contribution in [-0.4, -0.2) is 42.7 Å². The summed E-state index contributed by atoms with van der Waals surface area (Å²) in [7, 11) is 1.64. The van der Waals surface area contributed by atoms with Gasteiger partial charge in [-0.05, 0) is 12.5 Å². The number of halogens is 5. The molecule has 2 aromatic rings. The van der Waals surface area contributed by atoms with Crippen molar-refractivity contribution in [3.8, 4) is 5.88 Å². The van der Waals surface area contributed by atoms with Gasteiger partial charge in [0.05, 0.1) is 17.1 Å². The van der Waals surface area contributed by atoms with Crippen molar-refractivity contribution in [2.45, 2.75) is 25.9 Å². The van der Waals surface area contributed by atoms with E-state index in [4.69, 9.17) is 16.3 Å². The van der Waals surface area contributed by atoms with Gasteiger partial charge >= 0.3 is 6.18 Å². The van der Waals surface area contributed by atoms with E-state index in [0.717, 1.165) is 23.9 Å². The number of alkyl halides is 3. The van der Waals surface area contributed by atoms with Crippen LogP contribution < -0.4 is 15.4 Å². The summed E-state index contributed by atoms with van der Waals surface area (Å²) in [6.07, 6.45) is -0.146. The second-order valence-corrected chi connectivity index (χ2v) is 7.21. The van der Waals surface area contributed by atoms with Crippen molar-refractivity contribution in [3.05, 3.63) is 38.9 Å². The lowest BCUT2D eigenvalue weighted by atomic mass is 10.3. The monoisotopic (exact) mass is 563 g/mol. The molecule has 0 fully saturated rings. The third-order valence-corrected chi connectivity index (χ3v) is 5.05. The molecule has 0 saturated heterocycles. The standard InChI is InChI=1S/C17H21ClF3N5OS.HI/c1-3-12-10-25-14(28-12)4-5-23-16(22-2)24-6-7-27-15-13(18)8-11(9-26-15)17(19,20)21;/h8-10H,3-7H2,1-2H3,(H2,22,23,24);1H. The Morgan fingerprint density at radius 2 is 1.97 bits per heavy atom. The molecule has 12 heteroatoms. The van der Waals surface area contributed by atoms with Gasteiger partial charge in [-0.1, -0.05) is 18.5 Å². The molecule has 162 valence electrons. The SMILES string of the molecule is CCc1cnc(CCNC(=NC)NCCOc2ncc(C(F)(F)F)cc2Cl)s1.I. The van der Waals surface area contributed by atoms with Crippen LogP contribution in [0.2, 0.25) is 5.02 Å². The smallest absolute Gasteiger partial charge is 0.417 e. The van der Waals surface area contributed by atoms with Gasteiger partial charge in [0.15, 0.2) is 5.96 Å². The number of aliphatic imine (C=N–C) groups is 1. The van der Waals surface area contributed by atoms with Crippen LogP contribution in [0.5, 0.6) is 5.88 Å². The number of nitrogens with zero attached hydrogens (tertiary/aromatic N) is 3. The van der Waals surface area contributed by atoms with Crippen LogP contribution >= 0.6 is 46.9 Å². The first-order chi connectivity index (χ1) is 13.3. The van der Waals surface area contributed by atoms with E-state index in [1.165, 1.54) is 4.88 Å². The number of guanidine groups is 1. The van der Waals surface area contributed by atoms with Gasteiger partial charge in [-0.15, -0.1) is 35.3 Å². The summed E-state index contributed by atoms with van der Waals surface area (Å²) in [5, 5.41) is 7.08. The summed E-state index contributed by atoms with van der Waals surface area (Å²) in [6, 6.07) is 0.792. The third kappa shape index (κ3) is 8.51. The lowest BCUT2D eigenvalue weighted by Gasteiger charge is -2.13. The number of pyridine rings is 1. The Kier molecular flexibility index (Phi) is 11.0. The van der Waals surface area contributed by atoms with Gasteiger partial charge in [0, 0.05) is 37.3 Å². The number of hydrogen-bond acceptors (Lipinski definition) is 5. The van der Waals surface area contributed by atoms with Crippen molar-refractivity contribution in [2.75, 3.05) is 26.7 Å². The molecule has 2 heterocycles. The van der Waals surface area contributed by atoms with Gasteiger partial charge in [0.1, 0.15) is 11.6 Å². The Labute approximate surface area is 193 Å². The predicted molar refractivity (Wildman–Crippen MR) is 120 cm³/mol. The summed E-state index contributed by atoms with van der Waals surface area (Å²) in [6.45, 7) is 3.29. The summed E-state index contributed by atoms with van der Waals surface area (Å²) >= 11 is 7.49. The van der Waals surface area contributed by atoms with Gasteiger partial charge in [0.25, 0.3) is 0 Å². The molecule has 29 heavy (non-hydrogen) atoms.